The molecule has 82 valence electrons. The van der Waals surface area contributed by atoms with E-state index >= 15 is 0 Å². The summed E-state index contributed by atoms with van der Waals surface area (Å²) in [6, 6.07) is 2.96. The third kappa shape index (κ3) is 3.47. The summed E-state index contributed by atoms with van der Waals surface area (Å²) < 4.78 is 18.5. The lowest BCUT2D eigenvalue weighted by Gasteiger charge is -2.06. The molecule has 0 spiro atoms. The standard InChI is InChI=1S/C11H15FN2O/c12-10-2-1-5-13-11(10)14-6-7-15-8-9-3-4-9/h1-2,5,9H,3-4,6-8H2,(H,13,14). The van der Waals surface area contributed by atoms with Crippen molar-refractivity contribution in [3.8, 4) is 0 Å². The predicted molar refractivity (Wildman–Crippen MR) is 56.2 cm³/mol. The van der Waals surface area contributed by atoms with Gasteiger partial charge in [0.15, 0.2) is 11.6 Å². The molecular weight excluding hydrogens is 195 g/mol. The maximum Gasteiger partial charge on any atom is 0.165 e. The molecule has 1 aromatic rings. The Morgan fingerprint density at radius 2 is 2.40 bits per heavy atom. The van der Waals surface area contributed by atoms with E-state index in [2.05, 4.69) is 10.3 Å². The van der Waals surface area contributed by atoms with Crippen molar-refractivity contribution in [3.63, 3.8) is 0 Å². The van der Waals surface area contributed by atoms with Crippen molar-refractivity contribution in [2.24, 2.45) is 5.92 Å². The first-order valence-corrected chi connectivity index (χ1v) is 5.28. The third-order valence-corrected chi connectivity index (χ3v) is 2.35. The van der Waals surface area contributed by atoms with Crippen LogP contribution in [0.5, 0.6) is 0 Å². The highest BCUT2D eigenvalue weighted by Gasteiger charge is 2.20. The summed E-state index contributed by atoms with van der Waals surface area (Å²) in [5.41, 5.74) is 0. The molecule has 0 radical (unpaired) electrons. The topological polar surface area (TPSA) is 34.2 Å². The number of anilines is 1. The number of hydrogen-bond donors (Lipinski definition) is 1. The van der Waals surface area contributed by atoms with E-state index in [9.17, 15) is 4.39 Å². The molecule has 0 aromatic carbocycles. The molecular formula is C11H15FN2O. The monoisotopic (exact) mass is 210 g/mol. The Hall–Kier alpha value is -1.16. The lowest BCUT2D eigenvalue weighted by Crippen LogP contribution is -2.12. The van der Waals surface area contributed by atoms with Gasteiger partial charge in [0.2, 0.25) is 0 Å². The first-order chi connectivity index (χ1) is 7.36. The number of rotatable bonds is 6. The summed E-state index contributed by atoms with van der Waals surface area (Å²) >= 11 is 0. The van der Waals surface area contributed by atoms with Crippen molar-refractivity contribution < 1.29 is 9.13 Å². The minimum Gasteiger partial charge on any atom is -0.379 e. The molecule has 1 heterocycles. The highest BCUT2D eigenvalue weighted by molar-refractivity contribution is 5.35. The lowest BCUT2D eigenvalue weighted by atomic mass is 10.4. The van der Waals surface area contributed by atoms with Gasteiger partial charge >= 0.3 is 0 Å². The summed E-state index contributed by atoms with van der Waals surface area (Å²) in [6.45, 7) is 2.04. The molecule has 1 saturated carbocycles. The third-order valence-electron chi connectivity index (χ3n) is 2.35. The molecule has 0 amide bonds. The van der Waals surface area contributed by atoms with Gasteiger partial charge in [-0.2, -0.15) is 0 Å². The zero-order valence-electron chi connectivity index (χ0n) is 8.58. The molecule has 15 heavy (non-hydrogen) atoms. The van der Waals surface area contributed by atoms with Crippen molar-refractivity contribution in [1.82, 2.24) is 4.98 Å². The van der Waals surface area contributed by atoms with Gasteiger partial charge in [-0.15, -0.1) is 0 Å². The van der Waals surface area contributed by atoms with E-state index in [1.807, 2.05) is 0 Å². The van der Waals surface area contributed by atoms with Gasteiger partial charge in [0.1, 0.15) is 0 Å². The van der Waals surface area contributed by atoms with E-state index in [0.29, 0.717) is 19.0 Å². The Kier molecular flexibility index (Phi) is 3.50. The molecule has 1 aromatic heterocycles. The van der Waals surface area contributed by atoms with Crippen LogP contribution in [0.2, 0.25) is 0 Å². The fourth-order valence-corrected chi connectivity index (χ4v) is 1.29. The first-order valence-electron chi connectivity index (χ1n) is 5.28. The van der Waals surface area contributed by atoms with Crippen LogP contribution in [-0.4, -0.2) is 24.7 Å². The molecule has 1 fully saturated rings. The molecule has 3 nitrogen and oxygen atoms in total. The second-order valence-corrected chi connectivity index (χ2v) is 3.78. The first kappa shape index (κ1) is 10.4. The number of hydrogen-bond acceptors (Lipinski definition) is 3. The van der Waals surface area contributed by atoms with Gasteiger partial charge in [0.25, 0.3) is 0 Å². The van der Waals surface area contributed by atoms with Gasteiger partial charge in [-0.3, -0.25) is 0 Å². The van der Waals surface area contributed by atoms with Crippen LogP contribution in [0.1, 0.15) is 12.8 Å². The van der Waals surface area contributed by atoms with Crippen molar-refractivity contribution >= 4 is 5.82 Å². The van der Waals surface area contributed by atoms with Crippen LogP contribution in [0.15, 0.2) is 18.3 Å². The minimum atomic E-state index is -0.320. The average Bonchev–Trinajstić information content (AvgIpc) is 3.04. The number of aromatic nitrogens is 1. The van der Waals surface area contributed by atoms with Gasteiger partial charge in [0.05, 0.1) is 6.61 Å². The van der Waals surface area contributed by atoms with Crippen molar-refractivity contribution in [2.75, 3.05) is 25.1 Å². The lowest BCUT2D eigenvalue weighted by molar-refractivity contribution is 0.134. The summed E-state index contributed by atoms with van der Waals surface area (Å²) in [5.74, 6) is 0.754. The highest BCUT2D eigenvalue weighted by Crippen LogP contribution is 2.28. The van der Waals surface area contributed by atoms with Crippen LogP contribution < -0.4 is 5.32 Å². The fourth-order valence-electron chi connectivity index (χ4n) is 1.29. The zero-order valence-corrected chi connectivity index (χ0v) is 8.58. The van der Waals surface area contributed by atoms with Crippen LogP contribution in [0.25, 0.3) is 0 Å². The van der Waals surface area contributed by atoms with E-state index in [4.69, 9.17) is 4.74 Å². The van der Waals surface area contributed by atoms with Crippen LogP contribution in [0, 0.1) is 11.7 Å². The van der Waals surface area contributed by atoms with E-state index in [1.54, 1.807) is 12.3 Å². The predicted octanol–water partition coefficient (Wildman–Crippen LogP) is 2.06. The van der Waals surface area contributed by atoms with Crippen LogP contribution in [-0.2, 0) is 4.74 Å². The van der Waals surface area contributed by atoms with Crippen molar-refractivity contribution in [2.45, 2.75) is 12.8 Å². The van der Waals surface area contributed by atoms with Gasteiger partial charge in [-0.1, -0.05) is 0 Å². The van der Waals surface area contributed by atoms with Gasteiger partial charge in [-0.25, -0.2) is 9.37 Å². The highest BCUT2D eigenvalue weighted by atomic mass is 19.1. The number of nitrogens with zero attached hydrogens (tertiary/aromatic N) is 1. The van der Waals surface area contributed by atoms with Gasteiger partial charge in [0, 0.05) is 19.3 Å². The number of nitrogens with one attached hydrogen (secondary N) is 1. The number of pyridine rings is 1. The Morgan fingerprint density at radius 3 is 3.13 bits per heavy atom. The minimum absolute atomic E-state index is 0.299. The second kappa shape index (κ2) is 5.07. The van der Waals surface area contributed by atoms with Crippen molar-refractivity contribution in [1.29, 1.82) is 0 Å². The fraction of sp³-hybridized carbons (Fsp3) is 0.545. The largest absolute Gasteiger partial charge is 0.379 e. The number of ether oxygens (including phenoxy) is 1. The smallest absolute Gasteiger partial charge is 0.165 e. The summed E-state index contributed by atoms with van der Waals surface area (Å²) in [5, 5.41) is 2.90. The van der Waals surface area contributed by atoms with E-state index < -0.39 is 0 Å². The molecule has 2 rings (SSSR count). The second-order valence-electron chi connectivity index (χ2n) is 3.78. The summed E-state index contributed by atoms with van der Waals surface area (Å²) in [7, 11) is 0. The molecule has 0 aliphatic heterocycles. The van der Waals surface area contributed by atoms with E-state index in [0.717, 1.165) is 12.5 Å². The maximum atomic E-state index is 13.1. The van der Waals surface area contributed by atoms with Crippen LogP contribution in [0.3, 0.4) is 0 Å². The van der Waals surface area contributed by atoms with Crippen LogP contribution >= 0.6 is 0 Å². The molecule has 0 bridgehead atoms. The normalized spacial score (nSPS) is 15.3. The SMILES string of the molecule is Fc1cccnc1NCCOCC1CC1. The Balaban J connectivity index is 1.62. The Bertz CT molecular complexity index is 315. The molecule has 0 atom stereocenters. The molecule has 4 heteroatoms. The Morgan fingerprint density at radius 1 is 1.53 bits per heavy atom. The average molecular weight is 210 g/mol. The quantitative estimate of drug-likeness (QED) is 0.730. The molecule has 1 aliphatic carbocycles. The van der Waals surface area contributed by atoms with Gasteiger partial charge < -0.3 is 10.1 Å². The molecule has 0 saturated heterocycles. The molecule has 1 N–H and O–H groups in total. The number of halogens is 1. The zero-order chi connectivity index (χ0) is 10.5. The maximum absolute atomic E-state index is 13.1. The summed E-state index contributed by atoms with van der Waals surface area (Å²) in [4.78, 5) is 3.88. The Labute approximate surface area is 88.7 Å². The molecule has 1 aliphatic rings. The molecule has 0 unspecified atom stereocenters. The van der Waals surface area contributed by atoms with E-state index in [-0.39, 0.29) is 5.82 Å². The summed E-state index contributed by atoms with van der Waals surface area (Å²) in [6.07, 6.45) is 4.15. The van der Waals surface area contributed by atoms with Crippen LogP contribution in [0.4, 0.5) is 10.2 Å². The van der Waals surface area contributed by atoms with Gasteiger partial charge in [-0.05, 0) is 30.9 Å². The van der Waals surface area contributed by atoms with E-state index in [1.165, 1.54) is 18.9 Å². The van der Waals surface area contributed by atoms with Crippen molar-refractivity contribution in [3.05, 3.63) is 24.1 Å².